The van der Waals surface area contributed by atoms with Crippen LogP contribution in [0.1, 0.15) is 5.56 Å². The third-order valence-electron chi connectivity index (χ3n) is 1.91. The minimum absolute atomic E-state index is 0.797. The molecule has 1 heterocycles. The van der Waals surface area contributed by atoms with Crippen molar-refractivity contribution < 1.29 is 4.79 Å². The molecule has 13 heavy (non-hydrogen) atoms. The monoisotopic (exact) mass is 188 g/mol. The Balaban J connectivity index is 2.60. The zero-order valence-electron chi connectivity index (χ0n) is 6.94. The first-order valence-electron chi connectivity index (χ1n) is 3.98. The van der Waals surface area contributed by atoms with Gasteiger partial charge in [-0.3, -0.25) is 4.79 Å². The Morgan fingerprint density at radius 2 is 2.15 bits per heavy atom. The molecule has 1 aromatic carbocycles. The first kappa shape index (κ1) is 8.20. The maximum Gasteiger partial charge on any atom is 0.142 e. The van der Waals surface area contributed by atoms with Crippen molar-refractivity contribution in [1.29, 1.82) is 0 Å². The van der Waals surface area contributed by atoms with E-state index in [9.17, 15) is 4.79 Å². The predicted molar refractivity (Wildman–Crippen MR) is 56.9 cm³/mol. The van der Waals surface area contributed by atoms with Gasteiger partial charge < -0.3 is 0 Å². The minimum Gasteiger partial charge on any atom is -0.299 e. The zero-order valence-corrected chi connectivity index (χ0v) is 7.75. The fourth-order valence-corrected chi connectivity index (χ4v) is 2.13. The first-order valence-corrected chi connectivity index (χ1v) is 4.93. The van der Waals surface area contributed by atoms with Crippen molar-refractivity contribution in [2.75, 3.05) is 0 Å². The summed E-state index contributed by atoms with van der Waals surface area (Å²) in [7, 11) is 0. The Morgan fingerprint density at radius 3 is 3.00 bits per heavy atom. The third-order valence-corrected chi connectivity index (χ3v) is 2.67. The molecule has 0 aliphatic heterocycles. The summed E-state index contributed by atoms with van der Waals surface area (Å²) < 4.78 is 0. The summed E-state index contributed by atoms with van der Waals surface area (Å²) in [5, 5.41) is 6.65. The van der Waals surface area contributed by atoms with Crippen molar-refractivity contribution in [3.8, 4) is 0 Å². The molecule has 0 N–H and O–H groups in total. The summed E-state index contributed by atoms with van der Waals surface area (Å²) in [5.74, 6) is 0. The van der Waals surface area contributed by atoms with Gasteiger partial charge in [0.25, 0.3) is 0 Å². The SMILES string of the molecule is O=CC=Cc1cccc2cscc12. The highest BCUT2D eigenvalue weighted by Gasteiger charge is 1.96. The van der Waals surface area contributed by atoms with E-state index >= 15 is 0 Å². The van der Waals surface area contributed by atoms with E-state index < -0.39 is 0 Å². The Bertz CT molecular complexity index is 454. The Labute approximate surface area is 80.3 Å². The summed E-state index contributed by atoms with van der Waals surface area (Å²) in [6, 6.07) is 6.08. The van der Waals surface area contributed by atoms with Gasteiger partial charge in [0.05, 0.1) is 0 Å². The van der Waals surface area contributed by atoms with Crippen molar-refractivity contribution in [2.24, 2.45) is 0 Å². The summed E-state index contributed by atoms with van der Waals surface area (Å²) in [4.78, 5) is 10.2. The van der Waals surface area contributed by atoms with Crippen LogP contribution in [0.3, 0.4) is 0 Å². The van der Waals surface area contributed by atoms with E-state index in [1.807, 2.05) is 18.2 Å². The lowest BCUT2D eigenvalue weighted by molar-refractivity contribution is -0.104. The molecule has 64 valence electrons. The minimum atomic E-state index is 0.797. The van der Waals surface area contributed by atoms with Crippen LogP contribution in [0.15, 0.2) is 35.0 Å². The lowest BCUT2D eigenvalue weighted by Gasteiger charge is -1.94. The molecule has 2 heteroatoms. The average molecular weight is 188 g/mol. The molecule has 0 amide bonds. The molecular formula is C11H8OS. The number of allylic oxidation sites excluding steroid dienone is 1. The molecule has 0 bridgehead atoms. The van der Waals surface area contributed by atoms with Gasteiger partial charge in [0.15, 0.2) is 0 Å². The second-order valence-corrected chi connectivity index (χ2v) is 3.46. The van der Waals surface area contributed by atoms with E-state index in [1.165, 1.54) is 16.8 Å². The molecule has 0 aliphatic rings. The predicted octanol–water partition coefficient (Wildman–Crippen LogP) is 3.11. The van der Waals surface area contributed by atoms with E-state index in [0.717, 1.165) is 11.8 Å². The lowest BCUT2D eigenvalue weighted by Crippen LogP contribution is -1.72. The van der Waals surface area contributed by atoms with Crippen LogP contribution in [0.4, 0.5) is 0 Å². The van der Waals surface area contributed by atoms with Gasteiger partial charge in [-0.2, -0.15) is 11.3 Å². The van der Waals surface area contributed by atoms with Crippen LogP contribution in [-0.2, 0) is 4.79 Å². The van der Waals surface area contributed by atoms with Crippen molar-refractivity contribution in [1.82, 2.24) is 0 Å². The van der Waals surface area contributed by atoms with E-state index in [0.29, 0.717) is 0 Å². The first-order chi connectivity index (χ1) is 6.42. The van der Waals surface area contributed by atoms with Crippen LogP contribution in [0, 0.1) is 0 Å². The Hall–Kier alpha value is -1.41. The van der Waals surface area contributed by atoms with E-state index in [2.05, 4.69) is 16.8 Å². The molecule has 0 saturated heterocycles. The third kappa shape index (κ3) is 1.53. The van der Waals surface area contributed by atoms with Crippen LogP contribution in [0.25, 0.3) is 16.8 Å². The standard InChI is InChI=1S/C11H8OS/c12-6-2-5-9-3-1-4-10-7-13-8-11(9)10/h1-8H. The molecule has 0 aliphatic carbocycles. The molecule has 0 saturated carbocycles. The van der Waals surface area contributed by atoms with Gasteiger partial charge in [0.1, 0.15) is 6.29 Å². The van der Waals surface area contributed by atoms with E-state index in [-0.39, 0.29) is 0 Å². The van der Waals surface area contributed by atoms with Gasteiger partial charge in [-0.25, -0.2) is 0 Å². The van der Waals surface area contributed by atoms with Gasteiger partial charge in [0, 0.05) is 0 Å². The van der Waals surface area contributed by atoms with Crippen molar-refractivity contribution >= 4 is 34.5 Å². The van der Waals surface area contributed by atoms with Gasteiger partial charge >= 0.3 is 0 Å². The van der Waals surface area contributed by atoms with E-state index in [1.54, 1.807) is 11.3 Å². The average Bonchev–Trinajstić information content (AvgIpc) is 2.62. The molecular weight excluding hydrogens is 180 g/mol. The molecule has 0 fully saturated rings. The highest BCUT2D eigenvalue weighted by Crippen LogP contribution is 2.23. The summed E-state index contributed by atoms with van der Waals surface area (Å²) in [5.41, 5.74) is 1.10. The second kappa shape index (κ2) is 3.54. The summed E-state index contributed by atoms with van der Waals surface area (Å²) in [6.45, 7) is 0. The number of carbonyl (C=O) groups is 1. The maximum absolute atomic E-state index is 10.2. The van der Waals surface area contributed by atoms with Crippen LogP contribution in [-0.4, -0.2) is 6.29 Å². The fourth-order valence-electron chi connectivity index (χ4n) is 1.30. The quantitative estimate of drug-likeness (QED) is 0.522. The number of hydrogen-bond acceptors (Lipinski definition) is 2. The molecule has 0 radical (unpaired) electrons. The molecule has 1 aromatic heterocycles. The van der Waals surface area contributed by atoms with Crippen molar-refractivity contribution in [2.45, 2.75) is 0 Å². The summed E-state index contributed by atoms with van der Waals surface area (Å²) in [6.07, 6.45) is 4.15. The van der Waals surface area contributed by atoms with E-state index in [4.69, 9.17) is 0 Å². The summed E-state index contributed by atoms with van der Waals surface area (Å²) >= 11 is 1.68. The van der Waals surface area contributed by atoms with Crippen LogP contribution < -0.4 is 0 Å². The molecule has 2 aromatic rings. The Kier molecular flexibility index (Phi) is 2.23. The molecule has 0 unspecified atom stereocenters. The highest BCUT2D eigenvalue weighted by molar-refractivity contribution is 7.09. The topological polar surface area (TPSA) is 17.1 Å². The number of thiophene rings is 1. The highest BCUT2D eigenvalue weighted by atomic mass is 32.1. The second-order valence-electron chi connectivity index (χ2n) is 2.72. The van der Waals surface area contributed by atoms with Gasteiger partial charge in [-0.15, -0.1) is 0 Å². The number of benzene rings is 1. The molecule has 1 nitrogen and oxygen atoms in total. The normalized spacial score (nSPS) is 11.1. The van der Waals surface area contributed by atoms with Crippen LogP contribution in [0.5, 0.6) is 0 Å². The number of carbonyl (C=O) groups excluding carboxylic acids is 1. The van der Waals surface area contributed by atoms with Gasteiger partial charge in [-0.05, 0) is 33.2 Å². The molecule has 2 rings (SSSR count). The molecule has 0 atom stereocenters. The molecule has 0 spiro atoms. The smallest absolute Gasteiger partial charge is 0.142 e. The Morgan fingerprint density at radius 1 is 1.23 bits per heavy atom. The fraction of sp³-hybridized carbons (Fsp3) is 0. The number of fused-ring (bicyclic) bond motifs is 1. The number of hydrogen-bond donors (Lipinski definition) is 0. The van der Waals surface area contributed by atoms with Gasteiger partial charge in [0.2, 0.25) is 0 Å². The van der Waals surface area contributed by atoms with Crippen LogP contribution >= 0.6 is 11.3 Å². The zero-order chi connectivity index (χ0) is 9.10. The van der Waals surface area contributed by atoms with Gasteiger partial charge in [-0.1, -0.05) is 24.3 Å². The van der Waals surface area contributed by atoms with Crippen molar-refractivity contribution in [3.63, 3.8) is 0 Å². The number of rotatable bonds is 2. The lowest BCUT2D eigenvalue weighted by atomic mass is 10.1. The van der Waals surface area contributed by atoms with Crippen molar-refractivity contribution in [3.05, 3.63) is 40.6 Å². The largest absolute Gasteiger partial charge is 0.299 e. The maximum atomic E-state index is 10.2. The number of aldehydes is 1. The van der Waals surface area contributed by atoms with Crippen LogP contribution in [0.2, 0.25) is 0 Å².